The number of nitrogens with zero attached hydrogens (tertiary/aromatic N) is 1. The van der Waals surface area contributed by atoms with Gasteiger partial charge in [-0.15, -0.1) is 0 Å². The van der Waals surface area contributed by atoms with Crippen molar-refractivity contribution in [3.05, 3.63) is 33.8 Å². The van der Waals surface area contributed by atoms with Crippen LogP contribution in [0.1, 0.15) is 37.9 Å². The molecule has 1 aliphatic rings. The Kier molecular flexibility index (Phi) is 4.91. The minimum Gasteiger partial charge on any atom is -0.387 e. The first-order valence-electron chi connectivity index (χ1n) is 6.45. The van der Waals surface area contributed by atoms with E-state index in [0.717, 1.165) is 12.1 Å². The van der Waals surface area contributed by atoms with Crippen LogP contribution in [0.15, 0.2) is 18.2 Å². The van der Waals surface area contributed by atoms with Crippen molar-refractivity contribution in [3.63, 3.8) is 0 Å². The van der Waals surface area contributed by atoms with E-state index in [1.807, 2.05) is 6.07 Å². The van der Waals surface area contributed by atoms with Crippen LogP contribution in [0.5, 0.6) is 0 Å². The molecule has 2 atom stereocenters. The zero-order valence-electron chi connectivity index (χ0n) is 10.6. The first kappa shape index (κ1) is 14.1. The van der Waals surface area contributed by atoms with Crippen molar-refractivity contribution >= 4 is 23.2 Å². The molecular weight excluding hydrogens is 269 g/mol. The molecule has 0 aromatic heterocycles. The summed E-state index contributed by atoms with van der Waals surface area (Å²) in [6, 6.07) is 5.88. The molecule has 2 nitrogen and oxygen atoms in total. The molecule has 1 heterocycles. The molecule has 0 aliphatic carbocycles. The van der Waals surface area contributed by atoms with Crippen LogP contribution in [0.3, 0.4) is 0 Å². The van der Waals surface area contributed by atoms with Crippen LogP contribution < -0.4 is 0 Å². The quantitative estimate of drug-likeness (QED) is 0.911. The Balaban J connectivity index is 2.02. The Bertz CT molecular complexity index is 411. The average Bonchev–Trinajstić information content (AvgIpc) is 2.35. The summed E-state index contributed by atoms with van der Waals surface area (Å²) >= 11 is 11.8. The number of rotatable bonds is 3. The molecule has 0 saturated carbocycles. The molecule has 1 N–H and O–H groups in total. The molecule has 1 fully saturated rings. The van der Waals surface area contributed by atoms with E-state index in [1.165, 1.54) is 19.3 Å². The monoisotopic (exact) mass is 287 g/mol. The minimum absolute atomic E-state index is 0.500. The number of β-amino-alcohol motifs (C(OH)–C–C–N with tert-alkyl or cyclic N) is 1. The molecule has 1 aromatic carbocycles. The van der Waals surface area contributed by atoms with Gasteiger partial charge in [0.05, 0.1) is 16.1 Å². The van der Waals surface area contributed by atoms with Gasteiger partial charge in [-0.3, -0.25) is 4.90 Å². The number of benzene rings is 1. The fraction of sp³-hybridized carbons (Fsp3) is 0.571. The molecule has 1 saturated heterocycles. The third-order valence-corrected chi connectivity index (χ3v) is 4.42. The van der Waals surface area contributed by atoms with Crippen molar-refractivity contribution in [2.45, 2.75) is 38.3 Å². The lowest BCUT2D eigenvalue weighted by Crippen LogP contribution is -2.40. The highest BCUT2D eigenvalue weighted by Gasteiger charge is 2.21. The Morgan fingerprint density at radius 3 is 2.78 bits per heavy atom. The maximum absolute atomic E-state index is 10.3. The fourth-order valence-electron chi connectivity index (χ4n) is 2.48. The second-order valence-electron chi connectivity index (χ2n) is 5.03. The maximum atomic E-state index is 10.3. The zero-order chi connectivity index (χ0) is 13.1. The Morgan fingerprint density at radius 2 is 2.11 bits per heavy atom. The van der Waals surface area contributed by atoms with Gasteiger partial charge in [0, 0.05) is 12.6 Å². The van der Waals surface area contributed by atoms with Crippen molar-refractivity contribution in [1.82, 2.24) is 4.90 Å². The van der Waals surface area contributed by atoms with Gasteiger partial charge in [-0.1, -0.05) is 35.7 Å². The number of likely N-dealkylation sites (tertiary alicyclic amines) is 1. The van der Waals surface area contributed by atoms with Gasteiger partial charge in [-0.05, 0) is 44.0 Å². The minimum atomic E-state index is -0.500. The summed E-state index contributed by atoms with van der Waals surface area (Å²) in [6.07, 6.45) is 3.23. The molecule has 2 unspecified atom stereocenters. The lowest BCUT2D eigenvalue weighted by atomic mass is 10.0. The topological polar surface area (TPSA) is 23.5 Å². The summed E-state index contributed by atoms with van der Waals surface area (Å²) in [6.45, 7) is 3.96. The third kappa shape index (κ3) is 3.39. The highest BCUT2D eigenvalue weighted by molar-refractivity contribution is 6.42. The number of halogens is 2. The van der Waals surface area contributed by atoms with E-state index in [-0.39, 0.29) is 0 Å². The van der Waals surface area contributed by atoms with Gasteiger partial charge in [-0.2, -0.15) is 0 Å². The van der Waals surface area contributed by atoms with Crippen molar-refractivity contribution < 1.29 is 5.11 Å². The van der Waals surface area contributed by atoms with Crippen molar-refractivity contribution in [2.24, 2.45) is 0 Å². The van der Waals surface area contributed by atoms with Gasteiger partial charge in [0.25, 0.3) is 0 Å². The SMILES string of the molecule is CC1CCCCN1CC(O)c1ccc(Cl)c(Cl)c1. The van der Waals surface area contributed by atoms with Gasteiger partial charge in [0.2, 0.25) is 0 Å². The van der Waals surface area contributed by atoms with Crippen LogP contribution in [-0.2, 0) is 0 Å². The maximum Gasteiger partial charge on any atom is 0.0917 e. The van der Waals surface area contributed by atoms with E-state index >= 15 is 0 Å². The summed E-state index contributed by atoms with van der Waals surface area (Å²) in [4.78, 5) is 2.34. The summed E-state index contributed by atoms with van der Waals surface area (Å²) in [5.74, 6) is 0. The van der Waals surface area contributed by atoms with Crippen LogP contribution in [0.25, 0.3) is 0 Å². The third-order valence-electron chi connectivity index (χ3n) is 3.68. The number of piperidine rings is 1. The summed E-state index contributed by atoms with van der Waals surface area (Å²) < 4.78 is 0. The molecule has 0 spiro atoms. The number of hydrogen-bond acceptors (Lipinski definition) is 2. The van der Waals surface area contributed by atoms with Gasteiger partial charge in [0.15, 0.2) is 0 Å². The second kappa shape index (κ2) is 6.25. The normalized spacial score (nSPS) is 23.0. The van der Waals surface area contributed by atoms with E-state index in [4.69, 9.17) is 23.2 Å². The average molecular weight is 288 g/mol. The molecule has 4 heteroatoms. The molecule has 1 aliphatic heterocycles. The largest absolute Gasteiger partial charge is 0.387 e. The van der Waals surface area contributed by atoms with Crippen LogP contribution in [-0.4, -0.2) is 29.1 Å². The van der Waals surface area contributed by atoms with Gasteiger partial charge < -0.3 is 5.11 Å². The van der Waals surface area contributed by atoms with E-state index in [1.54, 1.807) is 12.1 Å². The number of hydrogen-bond donors (Lipinski definition) is 1. The van der Waals surface area contributed by atoms with Gasteiger partial charge in [0.1, 0.15) is 0 Å². The summed E-state index contributed by atoms with van der Waals surface area (Å²) in [7, 11) is 0. The van der Waals surface area contributed by atoms with Crippen LogP contribution in [0, 0.1) is 0 Å². The van der Waals surface area contributed by atoms with Gasteiger partial charge in [-0.25, -0.2) is 0 Å². The summed E-state index contributed by atoms with van der Waals surface area (Å²) in [5.41, 5.74) is 0.835. The molecule has 18 heavy (non-hydrogen) atoms. The zero-order valence-corrected chi connectivity index (χ0v) is 12.1. The summed E-state index contributed by atoms with van der Waals surface area (Å²) in [5, 5.41) is 11.3. The van der Waals surface area contributed by atoms with Crippen molar-refractivity contribution in [3.8, 4) is 0 Å². The lowest BCUT2D eigenvalue weighted by molar-refractivity contribution is 0.0732. The van der Waals surface area contributed by atoms with E-state index in [0.29, 0.717) is 22.6 Å². The smallest absolute Gasteiger partial charge is 0.0917 e. The van der Waals surface area contributed by atoms with Crippen molar-refractivity contribution in [2.75, 3.05) is 13.1 Å². The molecule has 0 amide bonds. The Labute approximate surface area is 119 Å². The van der Waals surface area contributed by atoms with Crippen molar-refractivity contribution in [1.29, 1.82) is 0 Å². The first-order chi connectivity index (χ1) is 8.58. The predicted molar refractivity (Wildman–Crippen MR) is 76.3 cm³/mol. The van der Waals surface area contributed by atoms with Crippen LogP contribution in [0.2, 0.25) is 10.0 Å². The Hall–Kier alpha value is -0.280. The molecule has 2 rings (SSSR count). The predicted octanol–water partition coefficient (Wildman–Crippen LogP) is 3.90. The van der Waals surface area contributed by atoms with E-state index in [2.05, 4.69) is 11.8 Å². The van der Waals surface area contributed by atoms with E-state index in [9.17, 15) is 5.11 Å². The molecule has 0 radical (unpaired) electrons. The first-order valence-corrected chi connectivity index (χ1v) is 7.20. The van der Waals surface area contributed by atoms with Crippen LogP contribution >= 0.6 is 23.2 Å². The highest BCUT2D eigenvalue weighted by Crippen LogP contribution is 2.27. The Morgan fingerprint density at radius 1 is 1.33 bits per heavy atom. The van der Waals surface area contributed by atoms with Gasteiger partial charge >= 0.3 is 0 Å². The molecule has 100 valence electrons. The number of aliphatic hydroxyl groups excluding tert-OH is 1. The fourth-order valence-corrected chi connectivity index (χ4v) is 2.78. The number of aliphatic hydroxyl groups is 1. The standard InChI is InChI=1S/C14H19Cl2NO/c1-10-4-2-3-7-17(10)9-14(18)11-5-6-12(15)13(16)8-11/h5-6,8,10,14,18H,2-4,7,9H2,1H3. The molecular formula is C14H19Cl2NO. The van der Waals surface area contributed by atoms with E-state index < -0.39 is 6.10 Å². The highest BCUT2D eigenvalue weighted by atomic mass is 35.5. The molecule has 1 aromatic rings. The lowest BCUT2D eigenvalue weighted by Gasteiger charge is -2.34. The second-order valence-corrected chi connectivity index (χ2v) is 5.84. The molecule has 0 bridgehead atoms. The van der Waals surface area contributed by atoms with Crippen LogP contribution in [0.4, 0.5) is 0 Å².